The Morgan fingerprint density at radius 2 is 2.10 bits per heavy atom. The van der Waals surface area contributed by atoms with Gasteiger partial charge in [0.2, 0.25) is 0 Å². The summed E-state index contributed by atoms with van der Waals surface area (Å²) in [5, 5.41) is 0. The Morgan fingerprint density at radius 1 is 1.60 bits per heavy atom. The van der Waals surface area contributed by atoms with Gasteiger partial charge < -0.3 is 0 Å². The first-order valence-corrected chi connectivity index (χ1v) is 4.33. The highest BCUT2D eigenvalue weighted by Gasteiger charge is 2.07. The minimum atomic E-state index is -3.30. The largest absolute Gasteiger partial charge is 0.277 e. The van der Waals surface area contributed by atoms with E-state index in [1.54, 1.807) is 6.92 Å². The van der Waals surface area contributed by atoms with Gasteiger partial charge in [-0.05, 0) is 6.92 Å². The second-order valence-corrected chi connectivity index (χ2v) is 3.50. The summed E-state index contributed by atoms with van der Waals surface area (Å²) in [7, 11) is -1.96. The highest BCUT2D eigenvalue weighted by Crippen LogP contribution is 1.83. The van der Waals surface area contributed by atoms with Crippen molar-refractivity contribution in [2.24, 2.45) is 0 Å². The number of nitrogens with one attached hydrogen (secondary N) is 2. The summed E-state index contributed by atoms with van der Waals surface area (Å²) in [6.45, 7) is 5.12. The highest BCUT2D eigenvalue weighted by molar-refractivity contribution is 7.87. The van der Waals surface area contributed by atoms with Crippen LogP contribution in [0, 0.1) is 0 Å². The molecule has 0 aliphatic heterocycles. The molecule has 0 aromatic heterocycles. The third-order valence-corrected chi connectivity index (χ3v) is 2.18. The lowest BCUT2D eigenvalue weighted by Gasteiger charge is -2.07. The van der Waals surface area contributed by atoms with Gasteiger partial charge in [-0.3, -0.25) is 0 Å². The Labute approximate surface area is 61.5 Å². The third kappa shape index (κ3) is 3.60. The molecule has 0 aliphatic carbocycles. The second kappa shape index (κ2) is 3.70. The molecular formula is C5H12N2O2S. The van der Waals surface area contributed by atoms with Gasteiger partial charge in [0.25, 0.3) is 10.2 Å². The zero-order valence-electron chi connectivity index (χ0n) is 6.09. The quantitative estimate of drug-likeness (QED) is 0.556. The molecule has 0 amide bonds. The van der Waals surface area contributed by atoms with Crippen molar-refractivity contribution in [3.63, 3.8) is 0 Å². The van der Waals surface area contributed by atoms with Crippen LogP contribution in [-0.4, -0.2) is 21.5 Å². The summed E-state index contributed by atoms with van der Waals surface area (Å²) < 4.78 is 25.8. The van der Waals surface area contributed by atoms with Gasteiger partial charge in [0.15, 0.2) is 0 Å². The van der Waals surface area contributed by atoms with E-state index in [9.17, 15) is 8.42 Å². The van der Waals surface area contributed by atoms with Crippen LogP contribution in [0.25, 0.3) is 0 Å². The molecule has 0 fully saturated rings. The van der Waals surface area contributed by atoms with E-state index in [1.807, 2.05) is 0 Å². The fourth-order valence-corrected chi connectivity index (χ4v) is 1.06. The van der Waals surface area contributed by atoms with Crippen LogP contribution in [0.1, 0.15) is 6.92 Å². The van der Waals surface area contributed by atoms with Crippen LogP contribution in [-0.2, 0) is 10.2 Å². The van der Waals surface area contributed by atoms with Crippen LogP contribution >= 0.6 is 0 Å². The first-order valence-electron chi connectivity index (χ1n) is 2.85. The lowest BCUT2D eigenvalue weighted by Crippen LogP contribution is -2.38. The topological polar surface area (TPSA) is 58.2 Å². The number of rotatable bonds is 4. The number of hydrogen-bond acceptors (Lipinski definition) is 2. The molecule has 0 saturated heterocycles. The summed E-state index contributed by atoms with van der Waals surface area (Å²) >= 11 is 0. The monoisotopic (exact) mass is 164 g/mol. The molecule has 0 heterocycles. The van der Waals surface area contributed by atoms with Gasteiger partial charge in [-0.25, -0.2) is 4.72 Å². The van der Waals surface area contributed by atoms with Gasteiger partial charge in [0, 0.05) is 13.1 Å². The summed E-state index contributed by atoms with van der Waals surface area (Å²) in [6.07, 6.45) is 1.51. The molecule has 1 unspecified atom stereocenters. The van der Waals surface area contributed by atoms with E-state index in [0.717, 1.165) is 0 Å². The van der Waals surface area contributed by atoms with Gasteiger partial charge in [0.1, 0.15) is 0 Å². The molecule has 0 aromatic carbocycles. The van der Waals surface area contributed by atoms with Crippen LogP contribution in [0.4, 0.5) is 0 Å². The average Bonchev–Trinajstić information content (AvgIpc) is 1.87. The van der Waals surface area contributed by atoms with Crippen molar-refractivity contribution in [2.45, 2.75) is 13.0 Å². The van der Waals surface area contributed by atoms with Gasteiger partial charge in [-0.15, -0.1) is 6.58 Å². The van der Waals surface area contributed by atoms with Gasteiger partial charge in [-0.1, -0.05) is 6.08 Å². The molecule has 0 aromatic rings. The SMILES string of the molecule is C=CC(C)NS(=O)(=O)NC. The van der Waals surface area contributed by atoms with Crippen LogP contribution in [0.15, 0.2) is 12.7 Å². The Kier molecular flexibility index (Phi) is 3.55. The molecule has 0 rings (SSSR count). The molecule has 4 nitrogen and oxygen atoms in total. The Bertz CT molecular complexity index is 198. The maximum atomic E-state index is 10.7. The predicted octanol–water partition coefficient (Wildman–Crippen LogP) is -0.385. The summed E-state index contributed by atoms with van der Waals surface area (Å²) in [4.78, 5) is 0. The Hall–Kier alpha value is -0.390. The van der Waals surface area contributed by atoms with Crippen molar-refractivity contribution < 1.29 is 8.42 Å². The van der Waals surface area contributed by atoms with Gasteiger partial charge in [0.05, 0.1) is 0 Å². The van der Waals surface area contributed by atoms with Crippen molar-refractivity contribution in [1.29, 1.82) is 0 Å². The lowest BCUT2D eigenvalue weighted by molar-refractivity contribution is 0.568. The van der Waals surface area contributed by atoms with Crippen LogP contribution in [0.2, 0.25) is 0 Å². The Morgan fingerprint density at radius 3 is 2.40 bits per heavy atom. The van der Waals surface area contributed by atoms with E-state index in [1.165, 1.54) is 13.1 Å². The van der Waals surface area contributed by atoms with Gasteiger partial charge in [-0.2, -0.15) is 13.1 Å². The smallest absolute Gasteiger partial charge is 0.205 e. The molecule has 0 radical (unpaired) electrons. The van der Waals surface area contributed by atoms with Crippen molar-refractivity contribution in [1.82, 2.24) is 9.44 Å². The summed E-state index contributed by atoms with van der Waals surface area (Å²) in [5.41, 5.74) is 0. The first kappa shape index (κ1) is 9.61. The first-order chi connectivity index (χ1) is 4.52. The standard InChI is InChI=1S/C5H12N2O2S/c1-4-5(2)7-10(8,9)6-3/h4-7H,1H2,2-3H3. The Balaban J connectivity index is 4.02. The zero-order chi connectivity index (χ0) is 8.20. The van der Waals surface area contributed by atoms with E-state index in [4.69, 9.17) is 0 Å². The van der Waals surface area contributed by atoms with Crippen molar-refractivity contribution >= 4 is 10.2 Å². The van der Waals surface area contributed by atoms with E-state index in [2.05, 4.69) is 16.0 Å². The molecule has 0 bridgehead atoms. The number of hydrogen-bond donors (Lipinski definition) is 2. The third-order valence-electron chi connectivity index (χ3n) is 0.963. The second-order valence-electron chi connectivity index (χ2n) is 1.85. The molecule has 5 heteroatoms. The van der Waals surface area contributed by atoms with E-state index >= 15 is 0 Å². The normalized spacial score (nSPS) is 14.6. The molecule has 0 saturated carbocycles. The molecule has 0 spiro atoms. The van der Waals surface area contributed by atoms with Crippen molar-refractivity contribution in [3.05, 3.63) is 12.7 Å². The summed E-state index contributed by atoms with van der Waals surface area (Å²) in [6, 6.07) is -0.238. The van der Waals surface area contributed by atoms with Crippen molar-refractivity contribution in [2.75, 3.05) is 7.05 Å². The molecule has 0 aliphatic rings. The van der Waals surface area contributed by atoms with E-state index in [-0.39, 0.29) is 6.04 Å². The van der Waals surface area contributed by atoms with Crippen molar-refractivity contribution in [3.8, 4) is 0 Å². The van der Waals surface area contributed by atoms with Crippen LogP contribution in [0.5, 0.6) is 0 Å². The molecule has 2 N–H and O–H groups in total. The zero-order valence-corrected chi connectivity index (χ0v) is 6.90. The molecular weight excluding hydrogens is 152 g/mol. The highest BCUT2D eigenvalue weighted by atomic mass is 32.2. The molecule has 60 valence electrons. The summed E-state index contributed by atoms with van der Waals surface area (Å²) in [5.74, 6) is 0. The minimum Gasteiger partial charge on any atom is -0.205 e. The van der Waals surface area contributed by atoms with Crippen LogP contribution < -0.4 is 9.44 Å². The fraction of sp³-hybridized carbons (Fsp3) is 0.600. The molecule has 1 atom stereocenters. The maximum Gasteiger partial charge on any atom is 0.277 e. The fourth-order valence-electron chi connectivity index (χ4n) is 0.352. The molecule has 10 heavy (non-hydrogen) atoms. The van der Waals surface area contributed by atoms with Crippen LogP contribution in [0.3, 0.4) is 0 Å². The lowest BCUT2D eigenvalue weighted by atomic mass is 10.4. The van der Waals surface area contributed by atoms with Gasteiger partial charge >= 0.3 is 0 Å². The van der Waals surface area contributed by atoms with E-state index in [0.29, 0.717) is 0 Å². The van der Waals surface area contributed by atoms with E-state index < -0.39 is 10.2 Å². The average molecular weight is 164 g/mol. The minimum absolute atomic E-state index is 0.238. The predicted molar refractivity (Wildman–Crippen MR) is 40.8 cm³/mol. The maximum absolute atomic E-state index is 10.7.